The third kappa shape index (κ3) is 50.2. The molecule has 83 heavy (non-hydrogen) atoms. The predicted octanol–water partition coefficient (Wildman–Crippen LogP) is 18.4. The van der Waals surface area contributed by atoms with E-state index in [4.69, 9.17) is 9.47 Å². The molecule has 1 saturated heterocycles. The van der Waals surface area contributed by atoms with Crippen molar-refractivity contribution < 1.29 is 39.8 Å². The first-order valence-electron chi connectivity index (χ1n) is 33.9. The van der Waals surface area contributed by atoms with Crippen molar-refractivity contribution in [2.45, 2.75) is 314 Å². The molecule has 1 rings (SSSR count). The molecule has 0 aliphatic carbocycles. The number of carbonyl (C=O) groups is 1. The van der Waals surface area contributed by atoms with E-state index in [0.29, 0.717) is 12.8 Å². The van der Waals surface area contributed by atoms with Gasteiger partial charge < -0.3 is 40.3 Å². The number of ether oxygens (including phenoxy) is 2. The highest BCUT2D eigenvalue weighted by molar-refractivity contribution is 5.76. The van der Waals surface area contributed by atoms with Crippen molar-refractivity contribution in [3.63, 3.8) is 0 Å². The van der Waals surface area contributed by atoms with Crippen LogP contribution in [0.5, 0.6) is 0 Å². The van der Waals surface area contributed by atoms with E-state index in [9.17, 15) is 30.3 Å². The molecule has 9 heteroatoms. The molecule has 1 fully saturated rings. The fourth-order valence-electron chi connectivity index (χ4n) is 9.99. The van der Waals surface area contributed by atoms with Crippen LogP contribution in [0.2, 0.25) is 0 Å². The Bertz CT molecular complexity index is 1770. The van der Waals surface area contributed by atoms with Gasteiger partial charge in [0.1, 0.15) is 24.4 Å². The van der Waals surface area contributed by atoms with Gasteiger partial charge >= 0.3 is 0 Å². The van der Waals surface area contributed by atoms with Crippen LogP contribution in [0.25, 0.3) is 0 Å². The Morgan fingerprint density at radius 3 is 1.10 bits per heavy atom. The molecule has 0 spiro atoms. The molecule has 1 aliphatic heterocycles. The summed E-state index contributed by atoms with van der Waals surface area (Å²) < 4.78 is 11.3. The first-order valence-corrected chi connectivity index (χ1v) is 33.9. The zero-order valence-corrected chi connectivity index (χ0v) is 52.9. The number of amides is 1. The molecule has 1 heterocycles. The molecular formula is C74H125NO8. The number of rotatable bonds is 57. The SMILES string of the molecule is CC/C=C\C/C=C\C/C=C\C/C=C\C/C=C\C/C=C\C/C=C\C/C=C\C/C=C\C/C=C\C/C=C\CCCCCC(=O)NC(COC1OC(CO)C(O)C(O)C1O)C(O)CCCCCCCCCCCCCCCCCCCCCCCCC. The van der Waals surface area contributed by atoms with Crippen LogP contribution in [0.3, 0.4) is 0 Å². The van der Waals surface area contributed by atoms with Crippen LogP contribution in [0.4, 0.5) is 0 Å². The summed E-state index contributed by atoms with van der Waals surface area (Å²) in [6, 6.07) is -0.749. The van der Waals surface area contributed by atoms with Crippen molar-refractivity contribution in [3.05, 3.63) is 134 Å². The summed E-state index contributed by atoms with van der Waals surface area (Å²) in [6.45, 7) is 3.72. The number of allylic oxidation sites excluding steroid dienone is 22. The largest absolute Gasteiger partial charge is 0.394 e. The minimum Gasteiger partial charge on any atom is -0.394 e. The summed E-state index contributed by atoms with van der Waals surface area (Å²) in [5.74, 6) is -0.179. The van der Waals surface area contributed by atoms with Gasteiger partial charge in [-0.05, 0) is 96.3 Å². The third-order valence-electron chi connectivity index (χ3n) is 15.3. The van der Waals surface area contributed by atoms with E-state index in [2.05, 4.69) is 153 Å². The van der Waals surface area contributed by atoms with Crippen LogP contribution >= 0.6 is 0 Å². The molecule has 1 aliphatic rings. The maximum atomic E-state index is 13.1. The Balaban J connectivity index is 2.20. The minimum absolute atomic E-state index is 0.159. The van der Waals surface area contributed by atoms with Gasteiger partial charge in [-0.2, -0.15) is 0 Å². The van der Waals surface area contributed by atoms with Crippen molar-refractivity contribution in [1.29, 1.82) is 0 Å². The quantitative estimate of drug-likeness (QED) is 0.0261. The van der Waals surface area contributed by atoms with Gasteiger partial charge in [-0.1, -0.05) is 302 Å². The first kappa shape index (κ1) is 77.3. The Hall–Kier alpha value is -3.67. The first-order chi connectivity index (χ1) is 40.8. The van der Waals surface area contributed by atoms with Crippen LogP contribution in [0, 0.1) is 0 Å². The van der Waals surface area contributed by atoms with Gasteiger partial charge in [-0.3, -0.25) is 4.79 Å². The summed E-state index contributed by atoms with van der Waals surface area (Å²) in [5.41, 5.74) is 0. The van der Waals surface area contributed by atoms with Gasteiger partial charge in [0, 0.05) is 6.42 Å². The van der Waals surface area contributed by atoms with E-state index in [0.717, 1.165) is 116 Å². The zero-order valence-electron chi connectivity index (χ0n) is 52.9. The summed E-state index contributed by atoms with van der Waals surface area (Å²) in [4.78, 5) is 13.1. The number of hydrogen-bond acceptors (Lipinski definition) is 8. The van der Waals surface area contributed by atoms with Crippen molar-refractivity contribution in [1.82, 2.24) is 5.32 Å². The Morgan fingerprint density at radius 2 is 0.747 bits per heavy atom. The average molecular weight is 1160 g/mol. The third-order valence-corrected chi connectivity index (χ3v) is 15.3. The molecule has 0 radical (unpaired) electrons. The number of unbranched alkanes of at least 4 members (excludes halogenated alkanes) is 25. The van der Waals surface area contributed by atoms with Gasteiger partial charge in [0.05, 0.1) is 25.4 Å². The van der Waals surface area contributed by atoms with Crippen molar-refractivity contribution in [3.8, 4) is 0 Å². The lowest BCUT2D eigenvalue weighted by molar-refractivity contribution is -0.302. The maximum absolute atomic E-state index is 13.1. The van der Waals surface area contributed by atoms with Crippen LogP contribution < -0.4 is 5.32 Å². The summed E-state index contributed by atoms with van der Waals surface area (Å²) >= 11 is 0. The summed E-state index contributed by atoms with van der Waals surface area (Å²) in [5, 5.41) is 54.9. The second-order valence-electron chi connectivity index (χ2n) is 22.9. The van der Waals surface area contributed by atoms with Crippen LogP contribution in [-0.4, -0.2) is 87.5 Å². The standard InChI is InChI=1S/C74H125NO8/c1-3-5-7-9-11-13-15-17-19-21-23-25-27-28-29-30-31-32-33-34-35-36-37-38-39-40-42-44-46-48-50-52-54-56-58-60-62-64-70(78)75-67(66-82-74-73(81)72(80)71(79)69(65-76)83-74)68(77)63-61-59-57-55-53-51-49-47-45-43-41-26-24-22-20-18-16-14-12-10-8-6-4-2/h5,7,11,13,17,19,23,25,28-29,31-32,34-35,37-38,40,42,46,48,52,54,67-69,71-74,76-77,79-81H,3-4,6,8-10,12,14-16,18,20-22,24,26-27,30,33,36,39,41,43-45,47,49-51,53,55-66H2,1-2H3,(H,75,78)/b7-5-,13-11-,19-17-,25-23-,29-28-,32-31-,35-34-,38-37-,42-40-,48-46-,54-52-. The van der Waals surface area contributed by atoms with Gasteiger partial charge in [-0.15, -0.1) is 0 Å². The van der Waals surface area contributed by atoms with Crippen molar-refractivity contribution in [2.24, 2.45) is 0 Å². The molecule has 0 aromatic rings. The molecule has 0 aromatic heterocycles. The van der Waals surface area contributed by atoms with E-state index in [-0.39, 0.29) is 12.5 Å². The second-order valence-corrected chi connectivity index (χ2v) is 22.9. The topological polar surface area (TPSA) is 149 Å². The maximum Gasteiger partial charge on any atom is 0.220 e. The number of aliphatic hydroxyl groups excluding tert-OH is 5. The van der Waals surface area contributed by atoms with Gasteiger partial charge in [0.2, 0.25) is 5.91 Å². The van der Waals surface area contributed by atoms with E-state index in [1.54, 1.807) is 0 Å². The lowest BCUT2D eigenvalue weighted by Crippen LogP contribution is -2.60. The molecule has 7 unspecified atom stereocenters. The Morgan fingerprint density at radius 1 is 0.422 bits per heavy atom. The average Bonchev–Trinajstić information content (AvgIpc) is 3.60. The van der Waals surface area contributed by atoms with Crippen molar-refractivity contribution in [2.75, 3.05) is 13.2 Å². The highest BCUT2D eigenvalue weighted by Crippen LogP contribution is 2.23. The second kappa shape index (κ2) is 61.4. The van der Waals surface area contributed by atoms with Gasteiger partial charge in [0.15, 0.2) is 6.29 Å². The molecule has 7 atom stereocenters. The van der Waals surface area contributed by atoms with Crippen LogP contribution in [-0.2, 0) is 14.3 Å². The van der Waals surface area contributed by atoms with Gasteiger partial charge in [0.25, 0.3) is 0 Å². The molecular weight excluding hydrogens is 1030 g/mol. The molecule has 0 aromatic carbocycles. The van der Waals surface area contributed by atoms with E-state index < -0.39 is 49.5 Å². The molecule has 0 saturated carbocycles. The predicted molar refractivity (Wildman–Crippen MR) is 354 cm³/mol. The van der Waals surface area contributed by atoms with E-state index in [1.807, 2.05) is 0 Å². The van der Waals surface area contributed by atoms with Crippen LogP contribution in [0.15, 0.2) is 134 Å². The fraction of sp³-hybridized carbons (Fsp3) is 0.689. The molecule has 1 amide bonds. The molecule has 474 valence electrons. The molecule has 0 bridgehead atoms. The normalized spacial score (nSPS) is 19.1. The number of carbonyl (C=O) groups excluding carboxylic acids is 1. The minimum atomic E-state index is -1.57. The number of aliphatic hydroxyl groups is 5. The Kier molecular flexibility index (Phi) is 57.2. The van der Waals surface area contributed by atoms with Crippen LogP contribution in [0.1, 0.15) is 271 Å². The molecule has 9 nitrogen and oxygen atoms in total. The lowest BCUT2D eigenvalue weighted by Gasteiger charge is -2.40. The van der Waals surface area contributed by atoms with E-state index >= 15 is 0 Å². The summed E-state index contributed by atoms with van der Waals surface area (Å²) in [6.07, 6.45) is 86.4. The highest BCUT2D eigenvalue weighted by atomic mass is 16.7. The zero-order chi connectivity index (χ0) is 60.0. The number of nitrogens with one attached hydrogen (secondary N) is 1. The fourth-order valence-corrected chi connectivity index (χ4v) is 9.99. The number of hydrogen-bond donors (Lipinski definition) is 6. The lowest BCUT2D eigenvalue weighted by atomic mass is 9.99. The van der Waals surface area contributed by atoms with Crippen molar-refractivity contribution >= 4 is 5.91 Å². The van der Waals surface area contributed by atoms with Gasteiger partial charge in [-0.25, -0.2) is 0 Å². The monoisotopic (exact) mass is 1160 g/mol. The Labute approximate surface area is 509 Å². The summed E-state index contributed by atoms with van der Waals surface area (Å²) in [7, 11) is 0. The highest BCUT2D eigenvalue weighted by Gasteiger charge is 2.44. The van der Waals surface area contributed by atoms with E-state index in [1.165, 1.54) is 128 Å². The molecule has 6 N–H and O–H groups in total. The smallest absolute Gasteiger partial charge is 0.220 e.